The summed E-state index contributed by atoms with van der Waals surface area (Å²) in [5.74, 6) is 0.523. The van der Waals surface area contributed by atoms with Gasteiger partial charge in [0.1, 0.15) is 0 Å². The number of para-hydroxylation sites is 2. The van der Waals surface area contributed by atoms with Crippen molar-refractivity contribution in [3.8, 4) is 17.2 Å². The second-order valence-corrected chi connectivity index (χ2v) is 6.64. The van der Waals surface area contributed by atoms with Crippen LogP contribution in [0.5, 0.6) is 11.5 Å². The van der Waals surface area contributed by atoms with Gasteiger partial charge in [0.05, 0.1) is 35.8 Å². The zero-order chi connectivity index (χ0) is 20.3. The smallest absolute Gasteiger partial charge is 0.255 e. The Morgan fingerprint density at radius 2 is 1.96 bits per heavy atom. The molecule has 0 radical (unpaired) electrons. The van der Waals surface area contributed by atoms with Crippen LogP contribution in [0.1, 0.15) is 28.7 Å². The lowest BCUT2D eigenvalue weighted by molar-refractivity contribution is 0.102. The number of ether oxygens (including phenoxy) is 2. The Morgan fingerprint density at radius 3 is 2.61 bits per heavy atom. The predicted octanol–water partition coefficient (Wildman–Crippen LogP) is 4.80. The topological polar surface area (TPSA) is 65.4 Å². The lowest BCUT2D eigenvalue weighted by atomic mass is 10.1. The number of anilines is 1. The first-order valence-corrected chi connectivity index (χ1v) is 9.26. The molecule has 3 rings (SSSR count). The average molecular weight is 400 g/mol. The first-order valence-electron chi connectivity index (χ1n) is 8.89. The third-order valence-electron chi connectivity index (χ3n) is 4.17. The first kappa shape index (κ1) is 19.8. The molecule has 0 unspecified atom stereocenters. The normalized spacial score (nSPS) is 10.6. The van der Waals surface area contributed by atoms with Crippen molar-refractivity contribution in [1.82, 2.24) is 9.78 Å². The SMILES string of the molecule is CCOc1c(Cl)cc(C(=O)Nc2ccccc2-n2nc(C)cc2C)cc1OC. The molecule has 1 aromatic heterocycles. The maximum absolute atomic E-state index is 12.9. The average Bonchev–Trinajstić information content (AvgIpc) is 3.01. The minimum Gasteiger partial charge on any atom is -0.493 e. The van der Waals surface area contributed by atoms with E-state index in [2.05, 4.69) is 10.4 Å². The van der Waals surface area contributed by atoms with Crippen LogP contribution < -0.4 is 14.8 Å². The molecule has 2 aromatic carbocycles. The van der Waals surface area contributed by atoms with E-state index in [-0.39, 0.29) is 5.91 Å². The molecule has 1 N–H and O–H groups in total. The van der Waals surface area contributed by atoms with E-state index in [9.17, 15) is 4.79 Å². The molecular formula is C21H22ClN3O3. The number of benzene rings is 2. The molecule has 3 aromatic rings. The van der Waals surface area contributed by atoms with E-state index in [1.54, 1.807) is 16.8 Å². The van der Waals surface area contributed by atoms with Crippen LogP contribution in [-0.4, -0.2) is 29.4 Å². The number of carbonyl (C=O) groups is 1. The van der Waals surface area contributed by atoms with Crippen molar-refractivity contribution in [3.63, 3.8) is 0 Å². The number of aromatic nitrogens is 2. The summed E-state index contributed by atoms with van der Waals surface area (Å²) >= 11 is 6.29. The summed E-state index contributed by atoms with van der Waals surface area (Å²) in [6, 6.07) is 12.6. The van der Waals surface area contributed by atoms with Gasteiger partial charge in [0, 0.05) is 11.3 Å². The largest absolute Gasteiger partial charge is 0.493 e. The van der Waals surface area contributed by atoms with Crippen LogP contribution in [0.2, 0.25) is 5.02 Å². The molecule has 0 aliphatic carbocycles. The molecule has 0 atom stereocenters. The van der Waals surface area contributed by atoms with Crippen LogP contribution >= 0.6 is 11.6 Å². The Balaban J connectivity index is 1.94. The van der Waals surface area contributed by atoms with Crippen molar-refractivity contribution in [2.24, 2.45) is 0 Å². The van der Waals surface area contributed by atoms with Crippen LogP contribution in [0, 0.1) is 13.8 Å². The molecule has 7 heteroatoms. The number of halogens is 1. The fraction of sp³-hybridized carbons (Fsp3) is 0.238. The summed E-state index contributed by atoms with van der Waals surface area (Å²) in [6.45, 7) is 6.19. The van der Waals surface area contributed by atoms with E-state index in [1.807, 2.05) is 51.1 Å². The molecule has 1 heterocycles. The molecule has 0 fully saturated rings. The van der Waals surface area contributed by atoms with E-state index in [1.165, 1.54) is 7.11 Å². The van der Waals surface area contributed by atoms with Crippen LogP contribution in [0.4, 0.5) is 5.69 Å². The zero-order valence-electron chi connectivity index (χ0n) is 16.2. The zero-order valence-corrected chi connectivity index (χ0v) is 17.0. The Bertz CT molecular complexity index is 1010. The Labute approximate surface area is 169 Å². The van der Waals surface area contributed by atoms with Gasteiger partial charge in [-0.2, -0.15) is 5.10 Å². The standard InChI is InChI=1S/C21H22ClN3O3/c1-5-28-20-16(22)11-15(12-19(20)27-4)21(26)23-17-8-6-7-9-18(17)25-14(3)10-13(2)24-25/h6-12H,5H2,1-4H3,(H,23,26). The predicted molar refractivity (Wildman–Crippen MR) is 110 cm³/mol. The lowest BCUT2D eigenvalue weighted by Crippen LogP contribution is -2.15. The Kier molecular flexibility index (Phi) is 5.90. The first-order chi connectivity index (χ1) is 13.4. The van der Waals surface area contributed by atoms with E-state index in [4.69, 9.17) is 21.1 Å². The highest BCUT2D eigenvalue weighted by Crippen LogP contribution is 2.36. The molecule has 1 amide bonds. The fourth-order valence-corrected chi connectivity index (χ4v) is 3.23. The van der Waals surface area contributed by atoms with Crippen molar-refractivity contribution >= 4 is 23.2 Å². The van der Waals surface area contributed by atoms with Gasteiger partial charge in [-0.1, -0.05) is 23.7 Å². The van der Waals surface area contributed by atoms with Crippen molar-refractivity contribution in [1.29, 1.82) is 0 Å². The molecule has 0 bridgehead atoms. The number of nitrogens with zero attached hydrogens (tertiary/aromatic N) is 2. The van der Waals surface area contributed by atoms with E-state index < -0.39 is 0 Å². The molecule has 0 saturated heterocycles. The van der Waals surface area contributed by atoms with E-state index in [0.717, 1.165) is 17.1 Å². The summed E-state index contributed by atoms with van der Waals surface area (Å²) in [4.78, 5) is 12.9. The second-order valence-electron chi connectivity index (χ2n) is 6.23. The maximum Gasteiger partial charge on any atom is 0.255 e. The number of hydrogen-bond acceptors (Lipinski definition) is 4. The van der Waals surface area contributed by atoms with Crippen molar-refractivity contribution < 1.29 is 14.3 Å². The molecule has 0 aliphatic heterocycles. The molecular weight excluding hydrogens is 378 g/mol. The van der Waals surface area contributed by atoms with Crippen LogP contribution in [0.25, 0.3) is 5.69 Å². The van der Waals surface area contributed by atoms with Crippen LogP contribution in [0.15, 0.2) is 42.5 Å². The summed E-state index contributed by atoms with van der Waals surface area (Å²) in [5.41, 5.74) is 3.67. The number of aryl methyl sites for hydroxylation is 2. The molecule has 146 valence electrons. The van der Waals surface area contributed by atoms with Crippen molar-refractivity contribution in [3.05, 3.63) is 64.4 Å². The number of rotatable bonds is 6. The van der Waals surface area contributed by atoms with Crippen LogP contribution in [0.3, 0.4) is 0 Å². The van der Waals surface area contributed by atoms with Gasteiger partial charge in [-0.15, -0.1) is 0 Å². The molecule has 0 spiro atoms. The number of nitrogens with one attached hydrogen (secondary N) is 1. The van der Waals surface area contributed by atoms with Crippen LogP contribution in [-0.2, 0) is 0 Å². The summed E-state index contributed by atoms with van der Waals surface area (Å²) in [6.07, 6.45) is 0. The van der Waals surface area contributed by atoms with Gasteiger partial charge in [0.15, 0.2) is 11.5 Å². The number of methoxy groups -OCH3 is 1. The highest BCUT2D eigenvalue weighted by molar-refractivity contribution is 6.32. The van der Waals surface area contributed by atoms with Gasteiger partial charge in [-0.05, 0) is 51.1 Å². The number of carbonyl (C=O) groups excluding carboxylic acids is 1. The van der Waals surface area contributed by atoms with Gasteiger partial charge in [0.2, 0.25) is 0 Å². The minimum absolute atomic E-state index is 0.308. The monoisotopic (exact) mass is 399 g/mol. The highest BCUT2D eigenvalue weighted by atomic mass is 35.5. The van der Waals surface area contributed by atoms with Gasteiger partial charge < -0.3 is 14.8 Å². The maximum atomic E-state index is 12.9. The van der Waals surface area contributed by atoms with Crippen molar-refractivity contribution in [2.45, 2.75) is 20.8 Å². The van der Waals surface area contributed by atoms with Gasteiger partial charge in [-0.3, -0.25) is 4.79 Å². The molecule has 0 saturated carbocycles. The Hall–Kier alpha value is -2.99. The molecule has 6 nitrogen and oxygen atoms in total. The van der Waals surface area contributed by atoms with Gasteiger partial charge in [-0.25, -0.2) is 4.68 Å². The fourth-order valence-electron chi connectivity index (χ4n) is 2.97. The van der Waals surface area contributed by atoms with Gasteiger partial charge in [0.25, 0.3) is 5.91 Å². The van der Waals surface area contributed by atoms with Crippen molar-refractivity contribution in [2.75, 3.05) is 19.0 Å². The number of hydrogen-bond donors (Lipinski definition) is 1. The quantitative estimate of drug-likeness (QED) is 0.646. The highest BCUT2D eigenvalue weighted by Gasteiger charge is 2.17. The minimum atomic E-state index is -0.308. The van der Waals surface area contributed by atoms with E-state index in [0.29, 0.717) is 34.4 Å². The second kappa shape index (κ2) is 8.35. The molecule has 0 aliphatic rings. The third-order valence-corrected chi connectivity index (χ3v) is 4.45. The summed E-state index contributed by atoms with van der Waals surface area (Å²) in [7, 11) is 1.51. The summed E-state index contributed by atoms with van der Waals surface area (Å²) in [5, 5.41) is 7.76. The lowest BCUT2D eigenvalue weighted by Gasteiger charge is -2.15. The summed E-state index contributed by atoms with van der Waals surface area (Å²) < 4.78 is 12.6. The number of amides is 1. The van der Waals surface area contributed by atoms with E-state index >= 15 is 0 Å². The third kappa shape index (κ3) is 3.97. The van der Waals surface area contributed by atoms with Gasteiger partial charge >= 0.3 is 0 Å². The molecule has 28 heavy (non-hydrogen) atoms. The Morgan fingerprint density at radius 1 is 1.21 bits per heavy atom.